The van der Waals surface area contributed by atoms with Gasteiger partial charge in [-0.2, -0.15) is 0 Å². The van der Waals surface area contributed by atoms with E-state index in [1.54, 1.807) is 18.9 Å². The van der Waals surface area contributed by atoms with Gasteiger partial charge in [0.15, 0.2) is 5.17 Å². The van der Waals surface area contributed by atoms with E-state index in [1.165, 1.54) is 0 Å². The third kappa shape index (κ3) is 4.03. The van der Waals surface area contributed by atoms with Crippen molar-refractivity contribution in [1.82, 2.24) is 4.90 Å². The van der Waals surface area contributed by atoms with E-state index in [9.17, 15) is 0 Å². The van der Waals surface area contributed by atoms with Gasteiger partial charge < -0.3 is 9.64 Å². The van der Waals surface area contributed by atoms with E-state index in [1.807, 2.05) is 73.6 Å². The lowest BCUT2D eigenvalue weighted by atomic mass is 10.3. The lowest BCUT2D eigenvalue weighted by Crippen LogP contribution is -2.18. The van der Waals surface area contributed by atoms with Crippen molar-refractivity contribution in [2.24, 2.45) is 4.99 Å². The lowest BCUT2D eigenvalue weighted by Gasteiger charge is -2.15. The Labute approximate surface area is 124 Å². The Morgan fingerprint density at radius 3 is 2.20 bits per heavy atom. The minimum atomic E-state index is 0.862. The fraction of sp³-hybridized carbons (Fsp3) is 0.188. The van der Waals surface area contributed by atoms with Crippen molar-refractivity contribution in [2.45, 2.75) is 4.90 Å². The highest BCUT2D eigenvalue weighted by atomic mass is 32.2. The van der Waals surface area contributed by atoms with Gasteiger partial charge in [-0.15, -0.1) is 0 Å². The second-order valence-electron chi connectivity index (χ2n) is 4.40. The molecule has 104 valence electrons. The molecule has 0 aliphatic rings. The van der Waals surface area contributed by atoms with Crippen LogP contribution in [0.15, 0.2) is 64.5 Å². The van der Waals surface area contributed by atoms with Crippen molar-refractivity contribution in [3.63, 3.8) is 0 Å². The molecule has 0 aliphatic heterocycles. The third-order valence-corrected chi connectivity index (χ3v) is 3.78. The highest BCUT2D eigenvalue weighted by Gasteiger charge is 2.06. The second-order valence-corrected chi connectivity index (χ2v) is 5.44. The summed E-state index contributed by atoms with van der Waals surface area (Å²) in [5, 5.41) is 0.946. The van der Waals surface area contributed by atoms with Crippen molar-refractivity contribution < 1.29 is 4.74 Å². The zero-order valence-electron chi connectivity index (χ0n) is 11.9. The molecule has 0 saturated heterocycles. The van der Waals surface area contributed by atoms with Gasteiger partial charge in [-0.25, -0.2) is 4.99 Å². The maximum absolute atomic E-state index is 5.17. The maximum Gasteiger partial charge on any atom is 0.168 e. The van der Waals surface area contributed by atoms with Gasteiger partial charge in [0, 0.05) is 19.0 Å². The number of aliphatic imine (C=N–C) groups is 1. The highest BCUT2D eigenvalue weighted by molar-refractivity contribution is 8.13. The molecule has 0 atom stereocenters. The molecule has 0 unspecified atom stereocenters. The van der Waals surface area contributed by atoms with Gasteiger partial charge in [0.25, 0.3) is 0 Å². The summed E-state index contributed by atoms with van der Waals surface area (Å²) in [6.45, 7) is 0. The second kappa shape index (κ2) is 7.01. The summed E-state index contributed by atoms with van der Waals surface area (Å²) in [7, 11) is 5.67. The van der Waals surface area contributed by atoms with Gasteiger partial charge in [-0.3, -0.25) is 0 Å². The Bertz CT molecular complexity index is 565. The number of hydrogen-bond acceptors (Lipinski definition) is 3. The molecule has 2 aromatic carbocycles. The molecule has 0 heterocycles. The summed E-state index contributed by atoms with van der Waals surface area (Å²) in [6.07, 6.45) is 0. The van der Waals surface area contributed by atoms with Crippen molar-refractivity contribution in [2.75, 3.05) is 21.2 Å². The number of para-hydroxylation sites is 1. The largest absolute Gasteiger partial charge is 0.497 e. The zero-order valence-corrected chi connectivity index (χ0v) is 12.7. The minimum Gasteiger partial charge on any atom is -0.497 e. The molecular weight excluding hydrogens is 268 g/mol. The molecule has 0 amide bonds. The molecule has 0 bridgehead atoms. The molecule has 0 fully saturated rings. The predicted molar refractivity (Wildman–Crippen MR) is 86.1 cm³/mol. The monoisotopic (exact) mass is 286 g/mol. The quantitative estimate of drug-likeness (QED) is 0.483. The predicted octanol–water partition coefficient (Wildman–Crippen LogP) is 4.04. The van der Waals surface area contributed by atoms with Crippen LogP contribution in [0.4, 0.5) is 5.69 Å². The van der Waals surface area contributed by atoms with Gasteiger partial charge in [-0.05, 0) is 36.4 Å². The topological polar surface area (TPSA) is 24.8 Å². The zero-order chi connectivity index (χ0) is 14.4. The number of thioether (sulfide) groups is 1. The van der Waals surface area contributed by atoms with Crippen LogP contribution in [0.3, 0.4) is 0 Å². The van der Waals surface area contributed by atoms with Crippen LogP contribution in [0.25, 0.3) is 0 Å². The van der Waals surface area contributed by atoms with E-state index in [-0.39, 0.29) is 0 Å². The summed E-state index contributed by atoms with van der Waals surface area (Å²) in [5.74, 6) is 0.862. The number of methoxy groups -OCH3 is 1. The van der Waals surface area contributed by atoms with E-state index in [4.69, 9.17) is 4.74 Å². The van der Waals surface area contributed by atoms with E-state index in [0.717, 1.165) is 21.5 Å². The molecule has 0 aliphatic carbocycles. The van der Waals surface area contributed by atoms with Crippen LogP contribution in [-0.2, 0) is 0 Å². The van der Waals surface area contributed by atoms with E-state index in [0.29, 0.717) is 0 Å². The smallest absolute Gasteiger partial charge is 0.168 e. The number of nitrogens with zero attached hydrogens (tertiary/aromatic N) is 2. The molecule has 0 aromatic heterocycles. The van der Waals surface area contributed by atoms with Gasteiger partial charge >= 0.3 is 0 Å². The van der Waals surface area contributed by atoms with Gasteiger partial charge in [0.2, 0.25) is 0 Å². The number of amidine groups is 1. The fourth-order valence-corrected chi connectivity index (χ4v) is 2.39. The van der Waals surface area contributed by atoms with Gasteiger partial charge in [0.05, 0.1) is 12.8 Å². The normalized spacial score (nSPS) is 11.2. The number of hydrogen-bond donors (Lipinski definition) is 0. The number of ether oxygens (including phenoxy) is 1. The molecule has 0 radical (unpaired) electrons. The van der Waals surface area contributed by atoms with Gasteiger partial charge in [-0.1, -0.05) is 30.0 Å². The van der Waals surface area contributed by atoms with Crippen molar-refractivity contribution in [3.8, 4) is 5.75 Å². The van der Waals surface area contributed by atoms with E-state index < -0.39 is 0 Å². The first kappa shape index (κ1) is 14.5. The summed E-state index contributed by atoms with van der Waals surface area (Å²) < 4.78 is 5.17. The molecular formula is C16H18N2OS. The summed E-state index contributed by atoms with van der Waals surface area (Å²) in [5.41, 5.74) is 0.956. The molecule has 0 spiro atoms. The van der Waals surface area contributed by atoms with Crippen LogP contribution in [0.1, 0.15) is 0 Å². The van der Waals surface area contributed by atoms with Crippen molar-refractivity contribution in [1.29, 1.82) is 0 Å². The Kier molecular flexibility index (Phi) is 5.07. The van der Waals surface area contributed by atoms with Gasteiger partial charge in [0.1, 0.15) is 5.75 Å². The highest BCUT2D eigenvalue weighted by Crippen LogP contribution is 2.25. The van der Waals surface area contributed by atoms with Crippen LogP contribution in [0.2, 0.25) is 0 Å². The average Bonchev–Trinajstić information content (AvgIpc) is 2.48. The lowest BCUT2D eigenvalue weighted by molar-refractivity contribution is 0.414. The first-order valence-electron chi connectivity index (χ1n) is 6.32. The number of rotatable bonds is 3. The van der Waals surface area contributed by atoms with E-state index in [2.05, 4.69) is 4.99 Å². The Hall–Kier alpha value is -1.94. The molecule has 4 heteroatoms. The first-order valence-corrected chi connectivity index (χ1v) is 7.13. The first-order chi connectivity index (χ1) is 9.69. The van der Waals surface area contributed by atoms with Crippen LogP contribution in [0.5, 0.6) is 5.75 Å². The van der Waals surface area contributed by atoms with Crippen LogP contribution < -0.4 is 4.74 Å². The molecule has 2 rings (SSSR count). The molecule has 20 heavy (non-hydrogen) atoms. The fourth-order valence-electron chi connectivity index (χ4n) is 1.58. The Balaban J connectivity index is 2.19. The van der Waals surface area contributed by atoms with Crippen LogP contribution in [-0.4, -0.2) is 31.3 Å². The van der Waals surface area contributed by atoms with E-state index >= 15 is 0 Å². The summed E-state index contributed by atoms with van der Waals surface area (Å²) >= 11 is 1.63. The van der Waals surface area contributed by atoms with Crippen LogP contribution >= 0.6 is 11.8 Å². The molecule has 0 saturated carbocycles. The minimum absolute atomic E-state index is 0.862. The SMILES string of the molecule is COc1ccc(SC(=Nc2ccccc2)N(C)C)cc1. The Morgan fingerprint density at radius 2 is 1.65 bits per heavy atom. The summed E-state index contributed by atoms with van der Waals surface area (Å²) in [6, 6.07) is 18.0. The summed E-state index contributed by atoms with van der Waals surface area (Å²) in [4.78, 5) is 7.82. The van der Waals surface area contributed by atoms with Crippen molar-refractivity contribution in [3.05, 3.63) is 54.6 Å². The van der Waals surface area contributed by atoms with Crippen LogP contribution in [0, 0.1) is 0 Å². The standard InChI is InChI=1S/C16H18N2OS/c1-18(2)16(17-13-7-5-4-6-8-13)20-15-11-9-14(19-3)10-12-15/h4-12H,1-3H3. The Morgan fingerprint density at radius 1 is 1.00 bits per heavy atom. The van der Waals surface area contributed by atoms with Crippen molar-refractivity contribution >= 4 is 22.6 Å². The molecule has 2 aromatic rings. The molecule has 0 N–H and O–H groups in total. The molecule has 3 nitrogen and oxygen atoms in total. The third-order valence-electron chi connectivity index (χ3n) is 2.63. The maximum atomic E-state index is 5.17. The average molecular weight is 286 g/mol. The number of benzene rings is 2.